The molecule has 168 valence electrons. The van der Waals surface area contributed by atoms with Crippen molar-refractivity contribution in [3.8, 4) is 17.1 Å². The van der Waals surface area contributed by atoms with Gasteiger partial charge >= 0.3 is 6.03 Å². The van der Waals surface area contributed by atoms with Gasteiger partial charge in [-0.15, -0.1) is 0 Å². The van der Waals surface area contributed by atoms with Gasteiger partial charge in [0.2, 0.25) is 0 Å². The first-order chi connectivity index (χ1) is 15.5. The van der Waals surface area contributed by atoms with E-state index < -0.39 is 0 Å². The lowest BCUT2D eigenvalue weighted by atomic mass is 10.1. The smallest absolute Gasteiger partial charge is 0.322 e. The van der Waals surface area contributed by atoms with Crippen LogP contribution in [0.5, 0.6) is 5.75 Å². The van der Waals surface area contributed by atoms with E-state index in [1.807, 2.05) is 57.2 Å². The van der Waals surface area contributed by atoms with Crippen LogP contribution in [0.25, 0.3) is 11.3 Å². The molecule has 0 spiro atoms. The largest absolute Gasteiger partial charge is 0.497 e. The van der Waals surface area contributed by atoms with E-state index in [0.29, 0.717) is 37.3 Å². The van der Waals surface area contributed by atoms with Crippen molar-refractivity contribution >= 4 is 23.4 Å². The lowest BCUT2D eigenvalue weighted by Crippen LogP contribution is -2.32. The van der Waals surface area contributed by atoms with Gasteiger partial charge in [0, 0.05) is 30.5 Å². The zero-order valence-electron chi connectivity index (χ0n) is 18.8. The molecule has 4 rings (SSSR count). The van der Waals surface area contributed by atoms with Gasteiger partial charge in [0.15, 0.2) is 5.76 Å². The third kappa shape index (κ3) is 4.55. The molecule has 1 aliphatic heterocycles. The minimum absolute atomic E-state index is 0.0429. The number of ether oxygens (including phenoxy) is 2. The average Bonchev–Trinajstić information content (AvgIpc) is 3.40. The number of methoxy groups -OCH3 is 1. The number of aromatic nitrogens is 1. The Bertz CT molecular complexity index is 1110. The Labute approximate surface area is 187 Å². The third-order valence-electron chi connectivity index (χ3n) is 5.42. The monoisotopic (exact) mass is 436 g/mol. The quantitative estimate of drug-likeness (QED) is 0.524. The summed E-state index contributed by atoms with van der Waals surface area (Å²) in [5, 5.41) is 6.11. The fourth-order valence-corrected chi connectivity index (χ4v) is 3.66. The number of nitrogens with zero attached hydrogens (tertiary/aromatic N) is 2. The predicted molar refractivity (Wildman–Crippen MR) is 124 cm³/mol. The second-order valence-electron chi connectivity index (χ2n) is 7.77. The highest BCUT2D eigenvalue weighted by Gasteiger charge is 2.29. The number of urea groups is 1. The van der Waals surface area contributed by atoms with Crippen molar-refractivity contribution in [2.24, 2.45) is 0 Å². The summed E-state index contributed by atoms with van der Waals surface area (Å²) in [5.41, 5.74) is 4.57. The summed E-state index contributed by atoms with van der Waals surface area (Å²) in [5.74, 6) is 1.21. The average molecular weight is 437 g/mol. The maximum absolute atomic E-state index is 12.3. The topological polar surface area (TPSA) is 88.9 Å². The van der Waals surface area contributed by atoms with Gasteiger partial charge in [0.05, 0.1) is 31.6 Å². The van der Waals surface area contributed by atoms with Crippen molar-refractivity contribution in [3.63, 3.8) is 0 Å². The molecular formula is C24H28N4O4. The number of rotatable bonds is 8. The number of oxazole rings is 1. The molecule has 0 radical (unpaired) electrons. The van der Waals surface area contributed by atoms with Crippen LogP contribution in [0.2, 0.25) is 0 Å². The Morgan fingerprint density at radius 3 is 2.84 bits per heavy atom. The number of carbonyl (C=O) groups is 1. The molecule has 1 fully saturated rings. The number of anilines is 3. The van der Waals surface area contributed by atoms with E-state index in [1.54, 1.807) is 18.2 Å². The number of hydrogen-bond acceptors (Lipinski definition) is 6. The van der Waals surface area contributed by atoms with Crippen molar-refractivity contribution in [1.29, 1.82) is 0 Å². The standard InChI is InChI=1S/C24H28N4O4/c1-5-31-14-17-7-6-15(2)21(8-17)27-23-25-13-22(32-23)18-9-19(11-20(10-18)30-4)28-16(3)12-26-24(28)29/h6-11,13,16H,5,12,14H2,1-4H3,(H,25,27)(H,26,29). The molecule has 8 nitrogen and oxygen atoms in total. The molecule has 2 N–H and O–H groups in total. The third-order valence-corrected chi connectivity index (χ3v) is 5.42. The van der Waals surface area contributed by atoms with Crippen LogP contribution in [0.1, 0.15) is 25.0 Å². The number of nitrogens with one attached hydrogen (secondary N) is 2. The molecular weight excluding hydrogens is 408 g/mol. The van der Waals surface area contributed by atoms with Crippen LogP contribution in [0, 0.1) is 6.92 Å². The molecule has 2 heterocycles. The summed E-state index contributed by atoms with van der Waals surface area (Å²) >= 11 is 0. The molecule has 3 aromatic rings. The van der Waals surface area contributed by atoms with E-state index in [2.05, 4.69) is 15.6 Å². The predicted octanol–water partition coefficient (Wildman–Crippen LogP) is 4.86. The molecule has 32 heavy (non-hydrogen) atoms. The van der Waals surface area contributed by atoms with E-state index in [-0.39, 0.29) is 12.1 Å². The molecule has 1 unspecified atom stereocenters. The lowest BCUT2D eigenvalue weighted by Gasteiger charge is -2.21. The lowest BCUT2D eigenvalue weighted by molar-refractivity contribution is 0.134. The summed E-state index contributed by atoms with van der Waals surface area (Å²) in [6.45, 7) is 7.81. The second-order valence-corrected chi connectivity index (χ2v) is 7.77. The van der Waals surface area contributed by atoms with E-state index in [1.165, 1.54) is 0 Å². The van der Waals surface area contributed by atoms with Crippen LogP contribution in [0.4, 0.5) is 22.2 Å². The first-order valence-corrected chi connectivity index (χ1v) is 10.6. The number of amides is 2. The van der Waals surface area contributed by atoms with Crippen LogP contribution in [-0.2, 0) is 11.3 Å². The summed E-state index contributed by atoms with van der Waals surface area (Å²) in [6.07, 6.45) is 1.66. The van der Waals surface area contributed by atoms with Gasteiger partial charge < -0.3 is 24.5 Å². The molecule has 1 atom stereocenters. The summed E-state index contributed by atoms with van der Waals surface area (Å²) < 4.78 is 17.0. The molecule has 8 heteroatoms. The highest BCUT2D eigenvalue weighted by molar-refractivity contribution is 5.95. The van der Waals surface area contributed by atoms with Crippen molar-refractivity contribution in [3.05, 3.63) is 53.7 Å². The molecule has 2 amide bonds. The Kier molecular flexibility index (Phi) is 6.32. The van der Waals surface area contributed by atoms with Crippen LogP contribution in [-0.4, -0.2) is 37.3 Å². The molecule has 0 bridgehead atoms. The van der Waals surface area contributed by atoms with Gasteiger partial charge in [-0.1, -0.05) is 12.1 Å². The zero-order chi connectivity index (χ0) is 22.7. The Balaban J connectivity index is 1.60. The number of carbonyl (C=O) groups excluding carboxylic acids is 1. The minimum Gasteiger partial charge on any atom is -0.497 e. The maximum atomic E-state index is 12.3. The minimum atomic E-state index is -0.126. The van der Waals surface area contributed by atoms with Gasteiger partial charge in [0.25, 0.3) is 6.01 Å². The molecule has 0 saturated carbocycles. The number of benzene rings is 2. The SMILES string of the molecule is CCOCc1ccc(C)c(Nc2ncc(-c3cc(OC)cc(N4C(=O)NCC4C)c3)o2)c1. The molecule has 0 aliphatic carbocycles. The summed E-state index contributed by atoms with van der Waals surface area (Å²) in [7, 11) is 1.60. The zero-order valence-corrected chi connectivity index (χ0v) is 18.8. The van der Waals surface area contributed by atoms with Gasteiger partial charge in [-0.2, -0.15) is 0 Å². The normalized spacial score (nSPS) is 15.7. The van der Waals surface area contributed by atoms with E-state index in [4.69, 9.17) is 13.9 Å². The Hall–Kier alpha value is -3.52. The number of aryl methyl sites for hydroxylation is 1. The van der Waals surface area contributed by atoms with Gasteiger partial charge in [-0.3, -0.25) is 4.90 Å². The maximum Gasteiger partial charge on any atom is 0.322 e. The van der Waals surface area contributed by atoms with E-state index in [9.17, 15) is 4.79 Å². The number of hydrogen-bond donors (Lipinski definition) is 2. The Morgan fingerprint density at radius 2 is 2.12 bits per heavy atom. The highest BCUT2D eigenvalue weighted by Crippen LogP contribution is 2.34. The molecule has 1 saturated heterocycles. The van der Waals surface area contributed by atoms with Crippen molar-refractivity contribution < 1.29 is 18.7 Å². The Morgan fingerprint density at radius 1 is 1.28 bits per heavy atom. The van der Waals surface area contributed by atoms with Gasteiger partial charge in [0.1, 0.15) is 5.75 Å². The fourth-order valence-electron chi connectivity index (χ4n) is 3.66. The van der Waals surface area contributed by atoms with Crippen LogP contribution in [0.15, 0.2) is 47.0 Å². The first-order valence-electron chi connectivity index (χ1n) is 10.6. The van der Waals surface area contributed by atoms with Crippen LogP contribution < -0.4 is 20.3 Å². The molecule has 1 aliphatic rings. The highest BCUT2D eigenvalue weighted by atomic mass is 16.5. The summed E-state index contributed by atoms with van der Waals surface area (Å²) in [4.78, 5) is 18.4. The summed E-state index contributed by atoms with van der Waals surface area (Å²) in [6, 6.07) is 12.0. The van der Waals surface area contributed by atoms with E-state index in [0.717, 1.165) is 28.1 Å². The van der Waals surface area contributed by atoms with E-state index >= 15 is 0 Å². The molecule has 2 aromatic carbocycles. The van der Waals surface area contributed by atoms with Gasteiger partial charge in [-0.05, 0) is 50.1 Å². The fraction of sp³-hybridized carbons (Fsp3) is 0.333. The van der Waals surface area contributed by atoms with Crippen molar-refractivity contribution in [2.45, 2.75) is 33.4 Å². The van der Waals surface area contributed by atoms with Crippen molar-refractivity contribution in [2.75, 3.05) is 30.5 Å². The van der Waals surface area contributed by atoms with Gasteiger partial charge in [-0.25, -0.2) is 9.78 Å². The first kappa shape index (κ1) is 21.7. The second kappa shape index (κ2) is 9.32. The van der Waals surface area contributed by atoms with Crippen molar-refractivity contribution in [1.82, 2.24) is 10.3 Å². The van der Waals surface area contributed by atoms with Crippen LogP contribution >= 0.6 is 0 Å². The van der Waals surface area contributed by atoms with Crippen LogP contribution in [0.3, 0.4) is 0 Å². The molecule has 1 aromatic heterocycles.